The minimum absolute atomic E-state index is 0.0699. The quantitative estimate of drug-likeness (QED) is 0.626. The minimum Gasteiger partial charge on any atom is -0.382 e. The van der Waals surface area contributed by atoms with E-state index in [-0.39, 0.29) is 6.04 Å². The molecule has 2 amide bonds. The van der Waals surface area contributed by atoms with Gasteiger partial charge in [0.25, 0.3) is 5.89 Å². The van der Waals surface area contributed by atoms with Gasteiger partial charge in [-0.2, -0.15) is 10.1 Å². The number of aromatic nitrogens is 4. The molecule has 4 rings (SSSR count). The molecule has 2 N–H and O–H groups in total. The molecule has 0 spiro atoms. The molecule has 2 aromatic heterocycles. The number of hydrogen-bond acceptors (Lipinski definition) is 6. The number of ether oxygens (including phenoxy) is 1. The topological polar surface area (TPSA) is 107 Å². The van der Waals surface area contributed by atoms with E-state index in [1.165, 1.54) is 0 Å². The molecular formula is C20H24N6O3. The summed E-state index contributed by atoms with van der Waals surface area (Å²) in [7, 11) is 1.64. The van der Waals surface area contributed by atoms with Gasteiger partial charge in [-0.3, -0.25) is 10.00 Å². The number of nitrogens with zero attached hydrogens (tertiary/aromatic N) is 4. The van der Waals surface area contributed by atoms with Crippen LogP contribution in [0.2, 0.25) is 0 Å². The van der Waals surface area contributed by atoms with Crippen molar-refractivity contribution in [2.45, 2.75) is 38.6 Å². The van der Waals surface area contributed by atoms with Crippen molar-refractivity contribution in [2.24, 2.45) is 0 Å². The normalized spacial score (nSPS) is 14.6. The first-order valence-electron chi connectivity index (χ1n) is 9.60. The summed E-state index contributed by atoms with van der Waals surface area (Å²) in [6, 6.07) is 7.06. The largest absolute Gasteiger partial charge is 0.382 e. The van der Waals surface area contributed by atoms with Gasteiger partial charge in [0, 0.05) is 25.3 Å². The second-order valence-electron chi connectivity index (χ2n) is 7.35. The zero-order valence-electron chi connectivity index (χ0n) is 16.7. The molecule has 1 aliphatic carbocycles. The highest BCUT2D eigenvalue weighted by Crippen LogP contribution is 2.39. The van der Waals surface area contributed by atoms with Crippen molar-refractivity contribution in [3.05, 3.63) is 41.9 Å². The monoisotopic (exact) mass is 396 g/mol. The van der Waals surface area contributed by atoms with E-state index in [4.69, 9.17) is 9.26 Å². The molecule has 0 saturated heterocycles. The third-order valence-corrected chi connectivity index (χ3v) is 4.75. The standard InChI is InChI=1S/C20H24N6O3/c1-12-4-7-16(15(10-12)19-23-18(25-29-19)14-5-6-14)21-20(27)22-17-8-9-26(24-17)13(2)11-28-3/h4,7-10,13-14H,5-6,11H2,1-3H3,(H2,21,22,24,27). The summed E-state index contributed by atoms with van der Waals surface area (Å²) in [5.74, 6) is 1.98. The summed E-state index contributed by atoms with van der Waals surface area (Å²) in [6.45, 7) is 4.49. The van der Waals surface area contributed by atoms with E-state index in [2.05, 4.69) is 25.9 Å². The fraction of sp³-hybridized carbons (Fsp3) is 0.400. The van der Waals surface area contributed by atoms with E-state index in [0.29, 0.717) is 35.5 Å². The van der Waals surface area contributed by atoms with Crippen molar-refractivity contribution in [2.75, 3.05) is 24.4 Å². The first-order chi connectivity index (χ1) is 14.0. The van der Waals surface area contributed by atoms with Crippen LogP contribution in [-0.4, -0.2) is 39.7 Å². The molecule has 1 saturated carbocycles. The molecular weight excluding hydrogens is 372 g/mol. The van der Waals surface area contributed by atoms with Crippen molar-refractivity contribution in [3.8, 4) is 11.5 Å². The van der Waals surface area contributed by atoms with E-state index >= 15 is 0 Å². The Labute approximate surface area is 168 Å². The predicted octanol–water partition coefficient (Wildman–Crippen LogP) is 3.97. The zero-order valence-corrected chi connectivity index (χ0v) is 16.7. The van der Waals surface area contributed by atoms with Gasteiger partial charge in [-0.15, -0.1) is 0 Å². The van der Waals surface area contributed by atoms with E-state index in [1.54, 1.807) is 24.1 Å². The summed E-state index contributed by atoms with van der Waals surface area (Å²) in [4.78, 5) is 17.0. The fourth-order valence-electron chi connectivity index (χ4n) is 3.03. The number of urea groups is 1. The van der Waals surface area contributed by atoms with Crippen molar-refractivity contribution in [3.63, 3.8) is 0 Å². The van der Waals surface area contributed by atoms with Crippen LogP contribution >= 0.6 is 0 Å². The average Bonchev–Trinajstić information content (AvgIpc) is 3.24. The van der Waals surface area contributed by atoms with Crippen LogP contribution in [0, 0.1) is 6.92 Å². The molecule has 0 bridgehead atoms. The van der Waals surface area contributed by atoms with Gasteiger partial charge in [0.1, 0.15) is 0 Å². The summed E-state index contributed by atoms with van der Waals surface area (Å²) >= 11 is 0. The molecule has 152 valence electrons. The number of hydrogen-bond donors (Lipinski definition) is 2. The van der Waals surface area contributed by atoms with Crippen LogP contribution in [0.3, 0.4) is 0 Å². The van der Waals surface area contributed by atoms with Crippen molar-refractivity contribution >= 4 is 17.5 Å². The Morgan fingerprint density at radius 3 is 2.93 bits per heavy atom. The number of benzene rings is 1. The number of amides is 2. The van der Waals surface area contributed by atoms with Crippen LogP contribution in [0.4, 0.5) is 16.3 Å². The van der Waals surface area contributed by atoms with Gasteiger partial charge in [-0.1, -0.05) is 16.8 Å². The first kappa shape index (κ1) is 19.1. The Morgan fingerprint density at radius 2 is 2.17 bits per heavy atom. The van der Waals surface area contributed by atoms with E-state index in [1.807, 2.05) is 32.0 Å². The lowest BCUT2D eigenvalue weighted by Crippen LogP contribution is -2.20. The third kappa shape index (κ3) is 4.45. The second-order valence-corrected chi connectivity index (χ2v) is 7.35. The molecule has 9 heteroatoms. The van der Waals surface area contributed by atoms with Gasteiger partial charge >= 0.3 is 6.03 Å². The smallest absolute Gasteiger partial charge is 0.324 e. The van der Waals surface area contributed by atoms with Crippen LogP contribution in [0.25, 0.3) is 11.5 Å². The highest BCUT2D eigenvalue weighted by molar-refractivity contribution is 6.01. The number of anilines is 2. The molecule has 1 aromatic carbocycles. The van der Waals surface area contributed by atoms with E-state index in [0.717, 1.165) is 24.2 Å². The molecule has 0 aliphatic heterocycles. The van der Waals surface area contributed by atoms with Gasteiger partial charge < -0.3 is 14.6 Å². The summed E-state index contributed by atoms with van der Waals surface area (Å²) < 4.78 is 12.3. The number of rotatable bonds is 7. The molecule has 3 aromatic rings. The summed E-state index contributed by atoms with van der Waals surface area (Å²) in [5.41, 5.74) is 2.31. The Balaban J connectivity index is 1.48. The van der Waals surface area contributed by atoms with Crippen LogP contribution in [0.5, 0.6) is 0 Å². The Kier molecular flexibility index (Phi) is 5.30. The number of nitrogens with one attached hydrogen (secondary N) is 2. The van der Waals surface area contributed by atoms with E-state index in [9.17, 15) is 4.79 Å². The van der Waals surface area contributed by atoms with Gasteiger partial charge in [0.2, 0.25) is 0 Å². The number of methoxy groups -OCH3 is 1. The molecule has 2 heterocycles. The number of aryl methyl sites for hydroxylation is 1. The number of carbonyl (C=O) groups excluding carboxylic acids is 1. The summed E-state index contributed by atoms with van der Waals surface area (Å²) in [5, 5.41) is 14.0. The third-order valence-electron chi connectivity index (χ3n) is 4.75. The first-order valence-corrected chi connectivity index (χ1v) is 9.60. The SMILES string of the molecule is COCC(C)n1ccc(NC(=O)Nc2ccc(C)cc2-c2nc(C3CC3)no2)n1. The highest BCUT2D eigenvalue weighted by atomic mass is 16.5. The van der Waals surface area contributed by atoms with Crippen molar-refractivity contribution < 1.29 is 14.1 Å². The lowest BCUT2D eigenvalue weighted by atomic mass is 10.1. The Hall–Kier alpha value is -3.20. The maximum Gasteiger partial charge on any atom is 0.324 e. The van der Waals surface area contributed by atoms with Gasteiger partial charge in [-0.25, -0.2) is 4.79 Å². The molecule has 1 aliphatic rings. The molecule has 1 atom stereocenters. The second kappa shape index (κ2) is 8.04. The number of carbonyl (C=O) groups is 1. The van der Waals surface area contributed by atoms with Crippen LogP contribution in [-0.2, 0) is 4.74 Å². The molecule has 1 fully saturated rings. The minimum atomic E-state index is -0.401. The predicted molar refractivity (Wildman–Crippen MR) is 108 cm³/mol. The van der Waals surface area contributed by atoms with Crippen LogP contribution in [0.15, 0.2) is 35.0 Å². The van der Waals surface area contributed by atoms with Gasteiger partial charge in [-0.05, 0) is 38.8 Å². The van der Waals surface area contributed by atoms with Crippen molar-refractivity contribution in [1.29, 1.82) is 0 Å². The van der Waals surface area contributed by atoms with Gasteiger partial charge in [0.15, 0.2) is 11.6 Å². The zero-order chi connectivity index (χ0) is 20.4. The lowest BCUT2D eigenvalue weighted by molar-refractivity contribution is 0.157. The Morgan fingerprint density at radius 1 is 1.34 bits per heavy atom. The summed E-state index contributed by atoms with van der Waals surface area (Å²) in [6.07, 6.45) is 3.99. The molecule has 1 unspecified atom stereocenters. The maximum absolute atomic E-state index is 12.5. The Bertz CT molecular complexity index is 1010. The van der Waals surface area contributed by atoms with E-state index < -0.39 is 6.03 Å². The lowest BCUT2D eigenvalue weighted by Gasteiger charge is -2.11. The highest BCUT2D eigenvalue weighted by Gasteiger charge is 2.29. The molecule has 0 radical (unpaired) electrons. The molecule has 29 heavy (non-hydrogen) atoms. The van der Waals surface area contributed by atoms with Crippen LogP contribution < -0.4 is 10.6 Å². The van der Waals surface area contributed by atoms with Gasteiger partial charge in [0.05, 0.1) is 23.9 Å². The maximum atomic E-state index is 12.5. The fourth-order valence-corrected chi connectivity index (χ4v) is 3.03. The van der Waals surface area contributed by atoms with Crippen molar-refractivity contribution in [1.82, 2.24) is 19.9 Å². The van der Waals surface area contributed by atoms with Crippen LogP contribution in [0.1, 0.15) is 43.1 Å². The molecule has 9 nitrogen and oxygen atoms in total. The average molecular weight is 396 g/mol.